The van der Waals surface area contributed by atoms with Crippen molar-refractivity contribution in [3.63, 3.8) is 0 Å². The van der Waals surface area contributed by atoms with Crippen molar-refractivity contribution in [2.75, 3.05) is 5.75 Å². The highest BCUT2D eigenvalue weighted by molar-refractivity contribution is 8.01. The maximum absolute atomic E-state index is 13.5. The number of hydrogen-bond acceptors (Lipinski definition) is 2. The van der Waals surface area contributed by atoms with Crippen LogP contribution >= 0.6 is 11.8 Å². The van der Waals surface area contributed by atoms with Crippen molar-refractivity contribution in [1.29, 1.82) is 5.26 Å². The molecule has 1 saturated heterocycles. The van der Waals surface area contributed by atoms with Gasteiger partial charge in [0.2, 0.25) is 0 Å². The highest BCUT2D eigenvalue weighted by Crippen LogP contribution is 2.40. The zero-order valence-corrected chi connectivity index (χ0v) is 9.49. The van der Waals surface area contributed by atoms with Gasteiger partial charge in [0.25, 0.3) is 0 Å². The third-order valence-electron chi connectivity index (χ3n) is 2.80. The fourth-order valence-corrected chi connectivity index (χ4v) is 3.23. The highest BCUT2D eigenvalue weighted by Gasteiger charge is 2.35. The quantitative estimate of drug-likeness (QED) is 0.790. The molecule has 0 amide bonds. The molecule has 1 unspecified atom stereocenters. The van der Waals surface area contributed by atoms with Crippen molar-refractivity contribution in [3.8, 4) is 6.07 Å². The molecule has 1 atom stereocenters. The lowest BCUT2D eigenvalue weighted by molar-refractivity contribution is 0.561. The van der Waals surface area contributed by atoms with Crippen molar-refractivity contribution in [2.45, 2.75) is 24.0 Å². The van der Waals surface area contributed by atoms with E-state index in [0.29, 0.717) is 12.0 Å². The zero-order valence-electron chi connectivity index (χ0n) is 8.67. The summed E-state index contributed by atoms with van der Waals surface area (Å²) >= 11 is 1.58. The molecule has 84 valence electrons. The molecule has 2 rings (SSSR count). The molecule has 1 aliphatic rings. The Labute approximate surface area is 97.5 Å². The molecule has 1 aromatic carbocycles. The molecule has 1 nitrogen and oxygen atoms in total. The van der Waals surface area contributed by atoms with E-state index in [4.69, 9.17) is 5.26 Å². The van der Waals surface area contributed by atoms with Gasteiger partial charge in [-0.25, -0.2) is 8.78 Å². The van der Waals surface area contributed by atoms with Crippen molar-refractivity contribution >= 4 is 11.8 Å². The third-order valence-corrected chi connectivity index (χ3v) is 4.28. The molecule has 0 N–H and O–H groups in total. The van der Waals surface area contributed by atoms with E-state index in [0.717, 1.165) is 24.7 Å². The van der Waals surface area contributed by atoms with Gasteiger partial charge in [-0.1, -0.05) is 6.07 Å². The van der Waals surface area contributed by atoms with E-state index in [2.05, 4.69) is 6.07 Å². The SMILES string of the molecule is N#CC1(Cc2ccc(F)cc2F)CCCS1. The summed E-state index contributed by atoms with van der Waals surface area (Å²) in [5.41, 5.74) is 0.428. The van der Waals surface area contributed by atoms with E-state index in [1.807, 2.05) is 0 Å². The number of thioether (sulfide) groups is 1. The van der Waals surface area contributed by atoms with E-state index in [1.54, 1.807) is 11.8 Å². The van der Waals surface area contributed by atoms with E-state index < -0.39 is 16.4 Å². The van der Waals surface area contributed by atoms with Gasteiger partial charge in [-0.3, -0.25) is 0 Å². The molecular weight excluding hydrogens is 228 g/mol. The molecule has 0 aromatic heterocycles. The van der Waals surface area contributed by atoms with E-state index in [1.165, 1.54) is 12.1 Å². The Balaban J connectivity index is 2.23. The summed E-state index contributed by atoms with van der Waals surface area (Å²) in [6.45, 7) is 0. The van der Waals surface area contributed by atoms with Crippen LogP contribution in [0.25, 0.3) is 0 Å². The second-order valence-corrected chi connectivity index (χ2v) is 5.45. The summed E-state index contributed by atoms with van der Waals surface area (Å²) in [6, 6.07) is 5.82. The maximum atomic E-state index is 13.5. The molecule has 1 fully saturated rings. The minimum atomic E-state index is -0.577. The highest BCUT2D eigenvalue weighted by atomic mass is 32.2. The summed E-state index contributed by atoms with van der Waals surface area (Å²) in [4.78, 5) is 0. The van der Waals surface area contributed by atoms with Crippen LogP contribution in [-0.2, 0) is 6.42 Å². The molecule has 0 spiro atoms. The van der Waals surface area contributed by atoms with Gasteiger partial charge < -0.3 is 0 Å². The monoisotopic (exact) mass is 239 g/mol. The van der Waals surface area contributed by atoms with Crippen molar-refractivity contribution in [3.05, 3.63) is 35.4 Å². The first-order chi connectivity index (χ1) is 7.65. The minimum Gasteiger partial charge on any atom is -0.207 e. The lowest BCUT2D eigenvalue weighted by atomic mass is 9.95. The third kappa shape index (κ3) is 2.19. The largest absolute Gasteiger partial charge is 0.207 e. The number of nitrogens with zero attached hydrogens (tertiary/aromatic N) is 1. The van der Waals surface area contributed by atoms with Gasteiger partial charge in [0.05, 0.1) is 6.07 Å². The van der Waals surface area contributed by atoms with Gasteiger partial charge in [-0.05, 0) is 30.2 Å². The standard InChI is InChI=1S/C12H11F2NS/c13-10-3-2-9(11(14)6-10)7-12(8-15)4-1-5-16-12/h2-3,6H,1,4-5,7H2. The normalized spacial score (nSPS) is 24.3. The molecule has 16 heavy (non-hydrogen) atoms. The summed E-state index contributed by atoms with van der Waals surface area (Å²) in [5.74, 6) is -0.190. The first-order valence-corrected chi connectivity index (χ1v) is 6.13. The van der Waals surface area contributed by atoms with Gasteiger partial charge in [0, 0.05) is 12.5 Å². The second kappa shape index (κ2) is 4.42. The van der Waals surface area contributed by atoms with Gasteiger partial charge >= 0.3 is 0 Å². The molecule has 1 aromatic rings. The lowest BCUT2D eigenvalue weighted by Crippen LogP contribution is -2.22. The van der Waals surface area contributed by atoms with Crippen LogP contribution in [0.15, 0.2) is 18.2 Å². The number of hydrogen-bond donors (Lipinski definition) is 0. The Bertz CT molecular complexity index is 433. The summed E-state index contributed by atoms with van der Waals surface area (Å²) in [5, 5.41) is 9.16. The van der Waals surface area contributed by atoms with Gasteiger partial charge in [0.1, 0.15) is 16.4 Å². The minimum absolute atomic E-state index is 0.361. The van der Waals surface area contributed by atoms with Crippen LogP contribution in [0.1, 0.15) is 18.4 Å². The summed E-state index contributed by atoms with van der Waals surface area (Å²) in [6.07, 6.45) is 2.13. The smallest absolute Gasteiger partial charge is 0.129 e. The number of benzene rings is 1. The van der Waals surface area contributed by atoms with E-state index in [9.17, 15) is 8.78 Å². The van der Waals surface area contributed by atoms with Crippen LogP contribution in [0.2, 0.25) is 0 Å². The Kier molecular flexibility index (Phi) is 3.15. The van der Waals surface area contributed by atoms with Crippen LogP contribution in [0.5, 0.6) is 0 Å². The molecule has 1 heterocycles. The van der Waals surface area contributed by atoms with Crippen molar-refractivity contribution in [2.24, 2.45) is 0 Å². The van der Waals surface area contributed by atoms with Gasteiger partial charge in [-0.15, -0.1) is 11.8 Å². The molecule has 0 aliphatic carbocycles. The van der Waals surface area contributed by atoms with Crippen molar-refractivity contribution in [1.82, 2.24) is 0 Å². The van der Waals surface area contributed by atoms with Crippen LogP contribution in [0.3, 0.4) is 0 Å². The predicted molar refractivity (Wildman–Crippen MR) is 60.1 cm³/mol. The Morgan fingerprint density at radius 3 is 2.81 bits per heavy atom. The molecule has 0 radical (unpaired) electrons. The van der Waals surface area contributed by atoms with E-state index in [-0.39, 0.29) is 0 Å². The molecule has 4 heteroatoms. The molecule has 0 saturated carbocycles. The average molecular weight is 239 g/mol. The number of nitriles is 1. The van der Waals surface area contributed by atoms with Crippen LogP contribution in [-0.4, -0.2) is 10.5 Å². The molecule has 1 aliphatic heterocycles. The number of rotatable bonds is 2. The Hall–Kier alpha value is -1.08. The Morgan fingerprint density at radius 2 is 2.25 bits per heavy atom. The van der Waals surface area contributed by atoms with Crippen LogP contribution < -0.4 is 0 Å². The predicted octanol–water partition coefficient (Wildman–Crippen LogP) is 3.30. The average Bonchev–Trinajstić information content (AvgIpc) is 2.72. The summed E-state index contributed by atoms with van der Waals surface area (Å²) in [7, 11) is 0. The molecule has 0 bridgehead atoms. The second-order valence-electron chi connectivity index (χ2n) is 3.97. The topological polar surface area (TPSA) is 23.8 Å². The van der Waals surface area contributed by atoms with Gasteiger partial charge in [-0.2, -0.15) is 5.26 Å². The van der Waals surface area contributed by atoms with Crippen molar-refractivity contribution < 1.29 is 8.78 Å². The van der Waals surface area contributed by atoms with E-state index >= 15 is 0 Å². The first kappa shape index (κ1) is 11.4. The molecular formula is C12H11F2NS. The summed E-state index contributed by atoms with van der Waals surface area (Å²) < 4.78 is 25.7. The lowest BCUT2D eigenvalue weighted by Gasteiger charge is -2.19. The van der Waals surface area contributed by atoms with Gasteiger partial charge in [0.15, 0.2) is 0 Å². The number of halogens is 2. The Morgan fingerprint density at radius 1 is 1.44 bits per heavy atom. The van der Waals surface area contributed by atoms with Crippen LogP contribution in [0, 0.1) is 23.0 Å². The fraction of sp³-hybridized carbons (Fsp3) is 0.417. The first-order valence-electron chi connectivity index (χ1n) is 5.14. The van der Waals surface area contributed by atoms with Crippen LogP contribution in [0.4, 0.5) is 8.78 Å². The maximum Gasteiger partial charge on any atom is 0.129 e. The fourth-order valence-electron chi connectivity index (χ4n) is 1.94. The zero-order chi connectivity index (χ0) is 11.6.